The fourth-order valence-corrected chi connectivity index (χ4v) is 2.50. The largest absolute Gasteiger partial charge is 0.493 e. The van der Waals surface area contributed by atoms with Gasteiger partial charge in [-0.05, 0) is 29.8 Å². The first-order valence-electron chi connectivity index (χ1n) is 7.18. The van der Waals surface area contributed by atoms with Crippen LogP contribution in [-0.2, 0) is 16.0 Å². The van der Waals surface area contributed by atoms with Gasteiger partial charge < -0.3 is 14.2 Å². The van der Waals surface area contributed by atoms with Crippen LogP contribution in [0, 0.1) is 0 Å². The van der Waals surface area contributed by atoms with Crippen LogP contribution in [0.15, 0.2) is 46.9 Å². The summed E-state index contributed by atoms with van der Waals surface area (Å²) in [6.45, 7) is -0.289. The lowest BCUT2D eigenvalue weighted by molar-refractivity contribution is -0.141. The minimum atomic E-state index is -0.481. The van der Waals surface area contributed by atoms with E-state index in [1.165, 1.54) is 7.11 Å². The number of esters is 1. The van der Waals surface area contributed by atoms with E-state index in [9.17, 15) is 9.59 Å². The van der Waals surface area contributed by atoms with Gasteiger partial charge in [-0.2, -0.15) is 0 Å². The molecule has 0 radical (unpaired) electrons. The van der Waals surface area contributed by atoms with Crippen molar-refractivity contribution in [2.45, 2.75) is 6.42 Å². The quantitative estimate of drug-likeness (QED) is 0.533. The second-order valence-corrected chi connectivity index (χ2v) is 5.88. The van der Waals surface area contributed by atoms with Gasteiger partial charge in [0, 0.05) is 10.0 Å². The van der Waals surface area contributed by atoms with Crippen LogP contribution in [0.2, 0.25) is 0 Å². The van der Waals surface area contributed by atoms with Crippen molar-refractivity contribution in [3.8, 4) is 11.5 Å². The smallest absolute Gasteiger partial charge is 0.310 e. The number of ketones is 1. The molecule has 24 heavy (non-hydrogen) atoms. The predicted molar refractivity (Wildman–Crippen MR) is 92.7 cm³/mol. The van der Waals surface area contributed by atoms with Gasteiger partial charge in [-0.15, -0.1) is 0 Å². The molecule has 2 aromatic rings. The highest BCUT2D eigenvalue weighted by Crippen LogP contribution is 2.27. The maximum atomic E-state index is 12.0. The summed E-state index contributed by atoms with van der Waals surface area (Å²) < 4.78 is 16.2. The fraction of sp³-hybridized carbons (Fsp3) is 0.222. The molecule has 2 rings (SSSR count). The average molecular weight is 393 g/mol. The zero-order valence-corrected chi connectivity index (χ0v) is 15.0. The molecule has 2 aromatic carbocycles. The number of benzene rings is 2. The van der Waals surface area contributed by atoms with E-state index in [-0.39, 0.29) is 18.8 Å². The summed E-state index contributed by atoms with van der Waals surface area (Å²) in [6.07, 6.45) is 0.0477. The first-order chi connectivity index (χ1) is 11.5. The molecule has 0 saturated heterocycles. The molecule has 0 heterocycles. The Labute approximate surface area is 148 Å². The van der Waals surface area contributed by atoms with Crippen LogP contribution in [0.25, 0.3) is 0 Å². The van der Waals surface area contributed by atoms with Crippen LogP contribution >= 0.6 is 15.9 Å². The number of hydrogen-bond donors (Lipinski definition) is 0. The highest BCUT2D eigenvalue weighted by molar-refractivity contribution is 9.10. The first-order valence-corrected chi connectivity index (χ1v) is 7.98. The first kappa shape index (κ1) is 18.0. The molecule has 0 unspecified atom stereocenters. The highest BCUT2D eigenvalue weighted by Gasteiger charge is 2.12. The SMILES string of the molecule is COc1ccc(CC(=O)OCC(=O)c2cccc(Br)c2)cc1OC. The molecule has 0 spiro atoms. The number of carbonyl (C=O) groups excluding carboxylic acids is 2. The number of rotatable bonds is 7. The minimum Gasteiger partial charge on any atom is -0.493 e. The third kappa shape index (κ3) is 4.83. The number of ether oxygens (including phenoxy) is 3. The number of hydrogen-bond acceptors (Lipinski definition) is 5. The van der Waals surface area contributed by atoms with Gasteiger partial charge in [0.25, 0.3) is 0 Å². The van der Waals surface area contributed by atoms with Gasteiger partial charge in [0.1, 0.15) is 0 Å². The Bertz CT molecular complexity index is 742. The van der Waals surface area contributed by atoms with Crippen LogP contribution < -0.4 is 9.47 Å². The van der Waals surface area contributed by atoms with E-state index < -0.39 is 5.97 Å². The van der Waals surface area contributed by atoms with Crippen LogP contribution in [0.4, 0.5) is 0 Å². The van der Waals surface area contributed by atoms with E-state index in [1.54, 1.807) is 43.5 Å². The summed E-state index contributed by atoms with van der Waals surface area (Å²) in [7, 11) is 3.07. The number of halogens is 1. The Kier molecular flexibility index (Phi) is 6.37. The summed E-state index contributed by atoms with van der Waals surface area (Å²) in [5, 5.41) is 0. The molecular formula is C18H17BrO5. The Hall–Kier alpha value is -2.34. The molecule has 0 aliphatic heterocycles. The molecule has 0 fully saturated rings. The molecule has 0 saturated carbocycles. The molecule has 0 bridgehead atoms. The summed E-state index contributed by atoms with van der Waals surface area (Å²) in [5.41, 5.74) is 1.20. The lowest BCUT2D eigenvalue weighted by atomic mass is 10.1. The molecule has 0 atom stereocenters. The van der Waals surface area contributed by atoms with Crippen LogP contribution in [0.1, 0.15) is 15.9 Å². The second-order valence-electron chi connectivity index (χ2n) is 4.96. The topological polar surface area (TPSA) is 61.8 Å². The van der Waals surface area contributed by atoms with E-state index in [4.69, 9.17) is 14.2 Å². The zero-order chi connectivity index (χ0) is 17.5. The lowest BCUT2D eigenvalue weighted by Gasteiger charge is -2.09. The summed E-state index contributed by atoms with van der Waals surface area (Å²) in [4.78, 5) is 23.9. The van der Waals surface area contributed by atoms with Crippen molar-refractivity contribution in [1.82, 2.24) is 0 Å². The molecule has 0 aliphatic carbocycles. The van der Waals surface area contributed by atoms with Gasteiger partial charge in [-0.25, -0.2) is 0 Å². The lowest BCUT2D eigenvalue weighted by Crippen LogP contribution is -2.15. The molecule has 5 nitrogen and oxygen atoms in total. The van der Waals surface area contributed by atoms with Crippen LogP contribution in [0.5, 0.6) is 11.5 Å². The molecule has 0 N–H and O–H groups in total. The van der Waals surface area contributed by atoms with E-state index in [0.29, 0.717) is 22.6 Å². The average Bonchev–Trinajstić information content (AvgIpc) is 2.59. The van der Waals surface area contributed by atoms with E-state index in [1.807, 2.05) is 6.07 Å². The second kappa shape index (κ2) is 8.49. The standard InChI is InChI=1S/C18H17BrO5/c1-22-16-7-6-12(8-17(16)23-2)9-18(21)24-11-15(20)13-4-3-5-14(19)10-13/h3-8,10H,9,11H2,1-2H3. The Morgan fingerprint density at radius 3 is 2.42 bits per heavy atom. The van der Waals surface area contributed by atoms with Gasteiger partial charge in [0.2, 0.25) is 0 Å². The Morgan fingerprint density at radius 2 is 1.75 bits per heavy atom. The van der Waals surface area contributed by atoms with Gasteiger partial charge in [0.05, 0.1) is 20.6 Å². The number of methoxy groups -OCH3 is 2. The van der Waals surface area contributed by atoms with Crippen LogP contribution in [0.3, 0.4) is 0 Å². The van der Waals surface area contributed by atoms with Crippen molar-refractivity contribution in [3.05, 3.63) is 58.1 Å². The third-order valence-electron chi connectivity index (χ3n) is 3.31. The van der Waals surface area contributed by atoms with Gasteiger partial charge >= 0.3 is 5.97 Å². The molecule has 126 valence electrons. The summed E-state index contributed by atoms with van der Waals surface area (Å²) in [5.74, 6) is 0.384. The van der Waals surface area contributed by atoms with Crippen molar-refractivity contribution in [3.63, 3.8) is 0 Å². The van der Waals surface area contributed by atoms with Crippen molar-refractivity contribution < 1.29 is 23.8 Å². The zero-order valence-electron chi connectivity index (χ0n) is 13.4. The van der Waals surface area contributed by atoms with Crippen molar-refractivity contribution in [1.29, 1.82) is 0 Å². The van der Waals surface area contributed by atoms with Gasteiger partial charge in [0.15, 0.2) is 23.9 Å². The van der Waals surface area contributed by atoms with Crippen molar-refractivity contribution in [2.75, 3.05) is 20.8 Å². The molecule has 6 heteroatoms. The summed E-state index contributed by atoms with van der Waals surface area (Å²) >= 11 is 3.30. The number of Topliss-reactive ketones (excluding diaryl/α,β-unsaturated/α-hetero) is 1. The fourth-order valence-electron chi connectivity index (χ4n) is 2.10. The highest BCUT2D eigenvalue weighted by atomic mass is 79.9. The van der Waals surface area contributed by atoms with Gasteiger partial charge in [-0.1, -0.05) is 34.1 Å². The maximum absolute atomic E-state index is 12.0. The van der Waals surface area contributed by atoms with Crippen LogP contribution in [-0.4, -0.2) is 32.6 Å². The molecule has 0 aliphatic rings. The summed E-state index contributed by atoms with van der Waals surface area (Å²) in [6, 6.07) is 12.1. The Balaban J connectivity index is 1.92. The molecule has 0 aromatic heterocycles. The third-order valence-corrected chi connectivity index (χ3v) is 3.80. The normalized spacial score (nSPS) is 10.1. The maximum Gasteiger partial charge on any atom is 0.310 e. The van der Waals surface area contributed by atoms with E-state index in [2.05, 4.69) is 15.9 Å². The molecule has 0 amide bonds. The van der Waals surface area contributed by atoms with Gasteiger partial charge in [-0.3, -0.25) is 9.59 Å². The number of carbonyl (C=O) groups is 2. The van der Waals surface area contributed by atoms with Crippen molar-refractivity contribution >= 4 is 27.7 Å². The van der Waals surface area contributed by atoms with E-state index in [0.717, 1.165) is 4.47 Å². The van der Waals surface area contributed by atoms with E-state index >= 15 is 0 Å². The minimum absolute atomic E-state index is 0.0477. The molecular weight excluding hydrogens is 376 g/mol. The Morgan fingerprint density at radius 1 is 1.00 bits per heavy atom. The predicted octanol–water partition coefficient (Wildman–Crippen LogP) is 3.43. The van der Waals surface area contributed by atoms with Crippen molar-refractivity contribution in [2.24, 2.45) is 0 Å². The monoisotopic (exact) mass is 392 g/mol.